The van der Waals surface area contributed by atoms with Gasteiger partial charge in [0.2, 0.25) is 5.91 Å². The van der Waals surface area contributed by atoms with E-state index in [2.05, 4.69) is 50.2 Å². The molecular weight excluding hydrogens is 350 g/mol. The van der Waals surface area contributed by atoms with Gasteiger partial charge in [-0.15, -0.1) is 0 Å². The third-order valence-electron chi connectivity index (χ3n) is 4.11. The normalized spacial score (nSPS) is 10.4. The lowest BCUT2D eigenvalue weighted by Gasteiger charge is -2.11. The lowest BCUT2D eigenvalue weighted by atomic mass is 10.1. The first-order valence-electron chi connectivity index (χ1n) is 9.37. The molecule has 144 valence electrons. The van der Waals surface area contributed by atoms with Crippen molar-refractivity contribution in [1.82, 2.24) is 9.97 Å². The van der Waals surface area contributed by atoms with Crippen LogP contribution in [0.15, 0.2) is 60.7 Å². The molecule has 0 unspecified atom stereocenters. The van der Waals surface area contributed by atoms with E-state index in [1.807, 2.05) is 43.3 Å². The van der Waals surface area contributed by atoms with Crippen LogP contribution in [0.1, 0.15) is 24.7 Å². The quantitative estimate of drug-likeness (QED) is 0.504. The topological polar surface area (TPSA) is 78.9 Å². The van der Waals surface area contributed by atoms with Crippen LogP contribution < -0.4 is 16.0 Å². The molecule has 0 aliphatic rings. The van der Waals surface area contributed by atoms with Gasteiger partial charge in [-0.25, -0.2) is 9.97 Å². The van der Waals surface area contributed by atoms with Crippen molar-refractivity contribution in [1.29, 1.82) is 0 Å². The zero-order valence-corrected chi connectivity index (χ0v) is 16.2. The van der Waals surface area contributed by atoms with E-state index >= 15 is 0 Å². The van der Waals surface area contributed by atoms with Gasteiger partial charge in [-0.05, 0) is 49.6 Å². The Balaban J connectivity index is 1.56. The molecule has 0 saturated heterocycles. The van der Waals surface area contributed by atoms with Crippen molar-refractivity contribution in [3.8, 4) is 0 Å². The summed E-state index contributed by atoms with van der Waals surface area (Å²) >= 11 is 0. The monoisotopic (exact) mass is 375 g/mol. The zero-order chi connectivity index (χ0) is 19.8. The van der Waals surface area contributed by atoms with Crippen molar-refractivity contribution in [2.24, 2.45) is 0 Å². The number of nitrogens with zero attached hydrogens (tertiary/aromatic N) is 2. The Morgan fingerprint density at radius 1 is 0.929 bits per heavy atom. The summed E-state index contributed by atoms with van der Waals surface area (Å²) < 4.78 is 0. The lowest BCUT2D eigenvalue weighted by Crippen LogP contribution is -2.07. The van der Waals surface area contributed by atoms with Crippen molar-refractivity contribution in [2.75, 3.05) is 22.5 Å². The number of hydrogen-bond acceptors (Lipinski definition) is 5. The zero-order valence-electron chi connectivity index (χ0n) is 16.2. The van der Waals surface area contributed by atoms with E-state index in [0.29, 0.717) is 5.82 Å². The molecule has 0 aliphatic heterocycles. The van der Waals surface area contributed by atoms with Crippen molar-refractivity contribution in [3.63, 3.8) is 0 Å². The summed E-state index contributed by atoms with van der Waals surface area (Å²) in [6, 6.07) is 19.9. The maximum absolute atomic E-state index is 11.1. The van der Waals surface area contributed by atoms with Crippen molar-refractivity contribution >= 4 is 28.9 Å². The first-order valence-corrected chi connectivity index (χ1v) is 9.37. The molecule has 0 bridgehead atoms. The Bertz CT molecular complexity index is 910. The second-order valence-electron chi connectivity index (χ2n) is 6.59. The maximum Gasteiger partial charge on any atom is 0.221 e. The van der Waals surface area contributed by atoms with E-state index in [0.717, 1.165) is 42.4 Å². The lowest BCUT2D eigenvalue weighted by molar-refractivity contribution is -0.114. The minimum absolute atomic E-state index is 0.0879. The van der Waals surface area contributed by atoms with Crippen molar-refractivity contribution in [2.45, 2.75) is 26.7 Å². The molecule has 0 fully saturated rings. The first kappa shape index (κ1) is 19.4. The number of aromatic nitrogens is 2. The summed E-state index contributed by atoms with van der Waals surface area (Å²) in [4.78, 5) is 20.0. The number of amides is 1. The van der Waals surface area contributed by atoms with E-state index in [9.17, 15) is 4.79 Å². The predicted molar refractivity (Wildman–Crippen MR) is 114 cm³/mol. The van der Waals surface area contributed by atoms with Crippen LogP contribution in [0.3, 0.4) is 0 Å². The molecule has 0 radical (unpaired) electrons. The van der Waals surface area contributed by atoms with Gasteiger partial charge >= 0.3 is 0 Å². The number of carbonyl (C=O) groups is 1. The van der Waals surface area contributed by atoms with Crippen LogP contribution in [-0.2, 0) is 11.2 Å². The third kappa shape index (κ3) is 6.09. The highest BCUT2D eigenvalue weighted by molar-refractivity contribution is 5.88. The second-order valence-corrected chi connectivity index (χ2v) is 6.59. The van der Waals surface area contributed by atoms with Crippen LogP contribution in [0, 0.1) is 6.92 Å². The fraction of sp³-hybridized carbons (Fsp3) is 0.227. The molecule has 3 N–H and O–H groups in total. The summed E-state index contributed by atoms with van der Waals surface area (Å²) in [6.07, 6.45) is 2.06. The standard InChI is InChI=1S/C22H25N5O/c1-16-24-21(23-14-6-9-18-7-4-3-5-8-18)15-22(25-16)27-20-12-10-19(11-13-20)26-17(2)28/h3-5,7-8,10-13,15H,6,9,14H2,1-2H3,(H,26,28)(H2,23,24,25,27). The number of anilines is 4. The Morgan fingerprint density at radius 3 is 2.32 bits per heavy atom. The Hall–Kier alpha value is -3.41. The van der Waals surface area contributed by atoms with Crippen LogP contribution in [-0.4, -0.2) is 22.4 Å². The first-order chi connectivity index (χ1) is 13.6. The van der Waals surface area contributed by atoms with E-state index in [-0.39, 0.29) is 5.91 Å². The highest BCUT2D eigenvalue weighted by Gasteiger charge is 2.03. The molecule has 3 aromatic rings. The molecule has 6 heteroatoms. The van der Waals surface area contributed by atoms with Gasteiger partial charge in [0.1, 0.15) is 17.5 Å². The number of rotatable bonds is 8. The van der Waals surface area contributed by atoms with Crippen LogP contribution in [0.4, 0.5) is 23.0 Å². The number of nitrogens with one attached hydrogen (secondary N) is 3. The third-order valence-corrected chi connectivity index (χ3v) is 4.11. The minimum Gasteiger partial charge on any atom is -0.370 e. The van der Waals surface area contributed by atoms with Gasteiger partial charge in [-0.2, -0.15) is 0 Å². The van der Waals surface area contributed by atoms with Gasteiger partial charge in [0.05, 0.1) is 0 Å². The van der Waals surface area contributed by atoms with Crippen molar-refractivity contribution in [3.05, 3.63) is 72.1 Å². The molecule has 0 saturated carbocycles. The number of benzene rings is 2. The molecule has 1 amide bonds. The Morgan fingerprint density at radius 2 is 1.61 bits per heavy atom. The fourth-order valence-corrected chi connectivity index (χ4v) is 2.86. The molecule has 0 spiro atoms. The Kier molecular flexibility index (Phi) is 6.57. The van der Waals surface area contributed by atoms with E-state index in [1.54, 1.807) is 0 Å². The average molecular weight is 375 g/mol. The highest BCUT2D eigenvalue weighted by Crippen LogP contribution is 2.19. The van der Waals surface area contributed by atoms with Gasteiger partial charge in [0.15, 0.2) is 0 Å². The summed E-state index contributed by atoms with van der Waals surface area (Å²) in [5.41, 5.74) is 2.99. The van der Waals surface area contributed by atoms with Gasteiger partial charge in [-0.1, -0.05) is 30.3 Å². The minimum atomic E-state index is -0.0879. The summed E-state index contributed by atoms with van der Waals surface area (Å²) in [6.45, 7) is 4.21. The van der Waals surface area contributed by atoms with Gasteiger partial charge < -0.3 is 16.0 Å². The van der Waals surface area contributed by atoms with E-state index in [1.165, 1.54) is 12.5 Å². The smallest absolute Gasteiger partial charge is 0.221 e. The molecule has 1 aromatic heterocycles. The molecule has 1 heterocycles. The van der Waals surface area contributed by atoms with Crippen LogP contribution in [0.2, 0.25) is 0 Å². The molecular formula is C22H25N5O. The molecule has 28 heavy (non-hydrogen) atoms. The molecule has 6 nitrogen and oxygen atoms in total. The number of carbonyl (C=O) groups excluding carboxylic acids is 1. The molecule has 0 aliphatic carbocycles. The largest absolute Gasteiger partial charge is 0.370 e. The van der Waals surface area contributed by atoms with Crippen LogP contribution in [0.25, 0.3) is 0 Å². The molecule has 0 atom stereocenters. The summed E-state index contributed by atoms with van der Waals surface area (Å²) in [5, 5.41) is 9.40. The second kappa shape index (κ2) is 9.50. The predicted octanol–water partition coefficient (Wildman–Crippen LogP) is 4.53. The fourth-order valence-electron chi connectivity index (χ4n) is 2.86. The SMILES string of the molecule is CC(=O)Nc1ccc(Nc2cc(NCCCc3ccccc3)nc(C)n2)cc1. The molecule has 3 rings (SSSR count). The van der Waals surface area contributed by atoms with E-state index in [4.69, 9.17) is 0 Å². The van der Waals surface area contributed by atoms with Crippen LogP contribution in [0.5, 0.6) is 0 Å². The van der Waals surface area contributed by atoms with Crippen molar-refractivity contribution < 1.29 is 4.79 Å². The van der Waals surface area contributed by atoms with Gasteiger partial charge in [0.25, 0.3) is 0 Å². The number of hydrogen-bond donors (Lipinski definition) is 3. The molecule has 2 aromatic carbocycles. The summed E-state index contributed by atoms with van der Waals surface area (Å²) in [7, 11) is 0. The van der Waals surface area contributed by atoms with Gasteiger partial charge in [-0.3, -0.25) is 4.79 Å². The number of aryl methyl sites for hydroxylation is 2. The maximum atomic E-state index is 11.1. The van der Waals surface area contributed by atoms with Gasteiger partial charge in [0, 0.05) is 30.9 Å². The van der Waals surface area contributed by atoms with E-state index < -0.39 is 0 Å². The highest BCUT2D eigenvalue weighted by atomic mass is 16.1. The van der Waals surface area contributed by atoms with Crippen LogP contribution >= 0.6 is 0 Å². The average Bonchev–Trinajstić information content (AvgIpc) is 2.67. The Labute approximate surface area is 165 Å². The summed E-state index contributed by atoms with van der Waals surface area (Å²) in [5.74, 6) is 2.14.